The molecule has 1 aromatic rings. The standard InChI is InChI=1S/C13H18N2O4/c1-2-6-14-8-12(16)15-10-4-3-5-11(7-10)19-9-13(17)18/h3-5,7,14H,2,6,8-9H2,1H3,(H,15,16)(H,17,18). The highest BCUT2D eigenvalue weighted by atomic mass is 16.5. The van der Waals surface area contributed by atoms with Gasteiger partial charge >= 0.3 is 5.97 Å². The highest BCUT2D eigenvalue weighted by Crippen LogP contribution is 2.17. The van der Waals surface area contributed by atoms with Gasteiger partial charge in [-0.05, 0) is 25.1 Å². The number of aliphatic carboxylic acids is 1. The molecule has 1 aromatic carbocycles. The van der Waals surface area contributed by atoms with Crippen LogP contribution in [-0.2, 0) is 9.59 Å². The normalized spacial score (nSPS) is 9.95. The van der Waals surface area contributed by atoms with Crippen LogP contribution in [0.1, 0.15) is 13.3 Å². The molecule has 0 aliphatic rings. The molecule has 0 saturated carbocycles. The van der Waals surface area contributed by atoms with Crippen molar-refractivity contribution >= 4 is 17.6 Å². The van der Waals surface area contributed by atoms with Crippen LogP contribution < -0.4 is 15.4 Å². The van der Waals surface area contributed by atoms with Gasteiger partial charge in [0, 0.05) is 11.8 Å². The molecule has 0 atom stereocenters. The molecular formula is C13H18N2O4. The minimum atomic E-state index is -1.04. The maximum Gasteiger partial charge on any atom is 0.341 e. The number of amides is 1. The molecule has 0 bridgehead atoms. The second kappa shape index (κ2) is 8.10. The highest BCUT2D eigenvalue weighted by Gasteiger charge is 2.04. The molecule has 6 heteroatoms. The van der Waals surface area contributed by atoms with Crippen LogP contribution >= 0.6 is 0 Å². The number of carboxylic acids is 1. The van der Waals surface area contributed by atoms with Gasteiger partial charge in [0.2, 0.25) is 5.91 Å². The van der Waals surface area contributed by atoms with Gasteiger partial charge in [-0.15, -0.1) is 0 Å². The van der Waals surface area contributed by atoms with E-state index in [1.807, 2.05) is 6.92 Å². The minimum Gasteiger partial charge on any atom is -0.482 e. The van der Waals surface area contributed by atoms with Gasteiger partial charge in [-0.1, -0.05) is 13.0 Å². The van der Waals surface area contributed by atoms with Crippen molar-refractivity contribution in [2.45, 2.75) is 13.3 Å². The molecular weight excluding hydrogens is 248 g/mol. The second-order valence-corrected chi connectivity index (χ2v) is 3.94. The van der Waals surface area contributed by atoms with Gasteiger partial charge in [-0.2, -0.15) is 0 Å². The predicted octanol–water partition coefficient (Wildman–Crippen LogP) is 1.09. The minimum absolute atomic E-state index is 0.149. The van der Waals surface area contributed by atoms with Crippen molar-refractivity contribution in [3.63, 3.8) is 0 Å². The molecule has 0 radical (unpaired) electrons. The average molecular weight is 266 g/mol. The van der Waals surface area contributed by atoms with E-state index in [0.717, 1.165) is 13.0 Å². The summed E-state index contributed by atoms with van der Waals surface area (Å²) in [7, 11) is 0. The lowest BCUT2D eigenvalue weighted by molar-refractivity contribution is -0.139. The number of rotatable bonds is 8. The maximum atomic E-state index is 11.6. The van der Waals surface area contributed by atoms with E-state index in [9.17, 15) is 9.59 Å². The summed E-state index contributed by atoms with van der Waals surface area (Å²) in [6, 6.07) is 6.62. The lowest BCUT2D eigenvalue weighted by atomic mass is 10.3. The number of benzene rings is 1. The van der Waals surface area contributed by atoms with Crippen molar-refractivity contribution in [2.75, 3.05) is 25.0 Å². The number of ether oxygens (including phenoxy) is 1. The Kier molecular flexibility index (Phi) is 6.38. The molecule has 0 heterocycles. The molecule has 3 N–H and O–H groups in total. The van der Waals surface area contributed by atoms with Crippen molar-refractivity contribution in [2.24, 2.45) is 0 Å². The predicted molar refractivity (Wildman–Crippen MR) is 71.4 cm³/mol. The number of carbonyl (C=O) groups excluding carboxylic acids is 1. The molecule has 1 rings (SSSR count). The van der Waals surface area contributed by atoms with E-state index >= 15 is 0 Å². The largest absolute Gasteiger partial charge is 0.482 e. The Labute approximate surface area is 111 Å². The Morgan fingerprint density at radius 3 is 2.84 bits per heavy atom. The molecule has 6 nitrogen and oxygen atoms in total. The van der Waals surface area contributed by atoms with E-state index in [2.05, 4.69) is 10.6 Å². The number of hydrogen-bond acceptors (Lipinski definition) is 4. The van der Waals surface area contributed by atoms with Crippen molar-refractivity contribution in [1.29, 1.82) is 0 Å². The van der Waals surface area contributed by atoms with Crippen LogP contribution in [0.15, 0.2) is 24.3 Å². The average Bonchev–Trinajstić information content (AvgIpc) is 2.37. The van der Waals surface area contributed by atoms with Gasteiger partial charge in [0.25, 0.3) is 0 Å². The van der Waals surface area contributed by atoms with Gasteiger partial charge in [-0.3, -0.25) is 4.79 Å². The zero-order chi connectivity index (χ0) is 14.1. The molecule has 0 unspecified atom stereocenters. The topological polar surface area (TPSA) is 87.7 Å². The summed E-state index contributed by atoms with van der Waals surface area (Å²) < 4.78 is 5.02. The second-order valence-electron chi connectivity index (χ2n) is 3.94. The maximum absolute atomic E-state index is 11.6. The molecule has 0 aliphatic carbocycles. The van der Waals surface area contributed by atoms with E-state index < -0.39 is 12.6 Å². The van der Waals surface area contributed by atoms with Crippen LogP contribution in [0.4, 0.5) is 5.69 Å². The molecule has 0 saturated heterocycles. The first-order chi connectivity index (χ1) is 9.11. The Hall–Kier alpha value is -2.08. The van der Waals surface area contributed by atoms with Crippen molar-refractivity contribution < 1.29 is 19.4 Å². The first-order valence-electron chi connectivity index (χ1n) is 6.07. The molecule has 1 amide bonds. The third kappa shape index (κ3) is 6.42. The first-order valence-corrected chi connectivity index (χ1v) is 6.07. The molecule has 0 aromatic heterocycles. The zero-order valence-electron chi connectivity index (χ0n) is 10.8. The zero-order valence-corrected chi connectivity index (χ0v) is 10.8. The van der Waals surface area contributed by atoms with Gasteiger partial charge in [0.15, 0.2) is 6.61 Å². The van der Waals surface area contributed by atoms with Crippen LogP contribution in [0.5, 0.6) is 5.75 Å². The fourth-order valence-corrected chi connectivity index (χ4v) is 1.39. The number of nitrogens with one attached hydrogen (secondary N) is 2. The summed E-state index contributed by atoms with van der Waals surface area (Å²) in [6.45, 7) is 2.65. The van der Waals surface area contributed by atoms with E-state index in [4.69, 9.17) is 9.84 Å². The highest BCUT2D eigenvalue weighted by molar-refractivity contribution is 5.92. The summed E-state index contributed by atoms with van der Waals surface area (Å²) in [5.41, 5.74) is 0.575. The summed E-state index contributed by atoms with van der Waals surface area (Å²) in [4.78, 5) is 21.9. The lowest BCUT2D eigenvalue weighted by Crippen LogP contribution is -2.28. The van der Waals surface area contributed by atoms with Crippen molar-refractivity contribution in [3.05, 3.63) is 24.3 Å². The van der Waals surface area contributed by atoms with Crippen LogP contribution in [0, 0.1) is 0 Å². The smallest absolute Gasteiger partial charge is 0.341 e. The number of carbonyl (C=O) groups is 2. The van der Waals surface area contributed by atoms with E-state index in [-0.39, 0.29) is 12.5 Å². The monoisotopic (exact) mass is 266 g/mol. The Bertz CT molecular complexity index is 434. The van der Waals surface area contributed by atoms with E-state index in [0.29, 0.717) is 11.4 Å². The SMILES string of the molecule is CCCNCC(=O)Nc1cccc(OCC(=O)O)c1. The van der Waals surface area contributed by atoms with Gasteiger partial charge in [0.1, 0.15) is 5.75 Å². The third-order valence-electron chi connectivity index (χ3n) is 2.19. The Balaban J connectivity index is 2.47. The first kappa shape index (κ1) is 15.0. The van der Waals surface area contributed by atoms with E-state index in [1.54, 1.807) is 24.3 Å². The summed E-state index contributed by atoms with van der Waals surface area (Å²) in [6.07, 6.45) is 0.964. The fraction of sp³-hybridized carbons (Fsp3) is 0.385. The number of anilines is 1. The van der Waals surface area contributed by atoms with E-state index in [1.165, 1.54) is 0 Å². The molecule has 0 spiro atoms. The number of hydrogen-bond donors (Lipinski definition) is 3. The van der Waals surface area contributed by atoms with Gasteiger partial charge < -0.3 is 20.5 Å². The van der Waals surface area contributed by atoms with Crippen molar-refractivity contribution in [3.8, 4) is 5.75 Å². The van der Waals surface area contributed by atoms with Crippen LogP contribution in [-0.4, -0.2) is 36.7 Å². The summed E-state index contributed by atoms with van der Waals surface area (Å²) >= 11 is 0. The quantitative estimate of drug-likeness (QED) is 0.613. The number of carboxylic acid groups (broad SMARTS) is 1. The fourth-order valence-electron chi connectivity index (χ4n) is 1.39. The Morgan fingerprint density at radius 2 is 2.16 bits per heavy atom. The molecule has 0 fully saturated rings. The Morgan fingerprint density at radius 1 is 1.37 bits per heavy atom. The molecule has 19 heavy (non-hydrogen) atoms. The molecule has 104 valence electrons. The van der Waals surface area contributed by atoms with Gasteiger partial charge in [-0.25, -0.2) is 4.79 Å². The van der Waals surface area contributed by atoms with Crippen LogP contribution in [0.2, 0.25) is 0 Å². The van der Waals surface area contributed by atoms with Gasteiger partial charge in [0.05, 0.1) is 6.54 Å². The summed E-state index contributed by atoms with van der Waals surface area (Å²) in [5, 5.41) is 14.2. The van der Waals surface area contributed by atoms with Crippen molar-refractivity contribution in [1.82, 2.24) is 5.32 Å². The van der Waals surface area contributed by atoms with Crippen LogP contribution in [0.3, 0.4) is 0 Å². The summed E-state index contributed by atoms with van der Waals surface area (Å²) in [5.74, 6) is -0.788. The van der Waals surface area contributed by atoms with Crippen LogP contribution in [0.25, 0.3) is 0 Å². The third-order valence-corrected chi connectivity index (χ3v) is 2.19. The molecule has 0 aliphatic heterocycles. The lowest BCUT2D eigenvalue weighted by Gasteiger charge is -2.08.